The van der Waals surface area contributed by atoms with Gasteiger partial charge in [0.2, 0.25) is 0 Å². The number of carbonyl (C=O) groups is 1. The minimum absolute atomic E-state index is 0.0197. The zero-order chi connectivity index (χ0) is 15.2. The van der Waals surface area contributed by atoms with Crippen LogP contribution in [0.15, 0.2) is 18.2 Å². The number of amides is 2. The van der Waals surface area contributed by atoms with Crippen molar-refractivity contribution in [2.45, 2.75) is 71.4 Å². The van der Waals surface area contributed by atoms with Crippen LogP contribution in [0.2, 0.25) is 0 Å². The molecule has 0 saturated heterocycles. The first-order valence-corrected chi connectivity index (χ1v) is 8.24. The van der Waals surface area contributed by atoms with E-state index in [0.29, 0.717) is 6.04 Å². The second-order valence-corrected chi connectivity index (χ2v) is 6.27. The number of hydrogen-bond donors (Lipinski definition) is 2. The third-order valence-corrected chi connectivity index (χ3v) is 4.45. The molecule has 2 amide bonds. The largest absolute Gasteiger partial charge is 0.335 e. The molecule has 116 valence electrons. The average molecular weight is 288 g/mol. The fraction of sp³-hybridized carbons (Fsp3) is 0.611. The van der Waals surface area contributed by atoms with Crippen LogP contribution in [0.3, 0.4) is 0 Å². The molecule has 1 aliphatic carbocycles. The van der Waals surface area contributed by atoms with Gasteiger partial charge in [0.1, 0.15) is 0 Å². The van der Waals surface area contributed by atoms with Gasteiger partial charge in [-0.25, -0.2) is 4.79 Å². The Morgan fingerprint density at radius 1 is 1.24 bits per heavy atom. The van der Waals surface area contributed by atoms with Gasteiger partial charge in [-0.3, -0.25) is 0 Å². The van der Waals surface area contributed by atoms with Crippen LogP contribution in [0, 0.1) is 13.8 Å². The molecule has 1 saturated carbocycles. The molecule has 1 fully saturated rings. The highest BCUT2D eigenvalue weighted by molar-refractivity contribution is 5.74. The maximum atomic E-state index is 12.2. The normalized spacial score (nSPS) is 17.3. The molecular weight excluding hydrogens is 260 g/mol. The second kappa shape index (κ2) is 7.48. The standard InChI is InChI=1S/C18H28N2O/c1-4-17(16-11-10-13(2)12-14(16)3)20-18(21)19-15-8-6-5-7-9-15/h10-12,15,17H,4-9H2,1-3H3,(H2,19,20,21)/t17-/m0/s1. The van der Waals surface area contributed by atoms with Crippen LogP contribution in [-0.2, 0) is 0 Å². The Morgan fingerprint density at radius 2 is 1.95 bits per heavy atom. The van der Waals surface area contributed by atoms with Crippen molar-refractivity contribution in [1.82, 2.24) is 10.6 Å². The van der Waals surface area contributed by atoms with Gasteiger partial charge in [-0.15, -0.1) is 0 Å². The van der Waals surface area contributed by atoms with Gasteiger partial charge < -0.3 is 10.6 Å². The van der Waals surface area contributed by atoms with Crippen molar-refractivity contribution in [2.24, 2.45) is 0 Å². The van der Waals surface area contributed by atoms with Crippen LogP contribution in [0.1, 0.15) is 68.2 Å². The molecular formula is C18H28N2O. The Morgan fingerprint density at radius 3 is 2.57 bits per heavy atom. The summed E-state index contributed by atoms with van der Waals surface area (Å²) in [6.45, 7) is 6.33. The molecule has 2 N–H and O–H groups in total. The molecule has 0 aromatic heterocycles. The summed E-state index contributed by atoms with van der Waals surface area (Å²) in [5, 5.41) is 6.27. The Labute approximate surface area is 128 Å². The Balaban J connectivity index is 1.96. The Hall–Kier alpha value is -1.51. The monoisotopic (exact) mass is 288 g/mol. The first-order valence-electron chi connectivity index (χ1n) is 8.24. The molecule has 0 bridgehead atoms. The molecule has 3 heteroatoms. The number of carbonyl (C=O) groups excluding carboxylic acids is 1. The Kier molecular flexibility index (Phi) is 5.66. The number of rotatable bonds is 4. The molecule has 1 aliphatic rings. The number of nitrogens with one attached hydrogen (secondary N) is 2. The van der Waals surface area contributed by atoms with Gasteiger partial charge in [-0.2, -0.15) is 0 Å². The van der Waals surface area contributed by atoms with E-state index in [1.807, 2.05) is 0 Å². The van der Waals surface area contributed by atoms with Gasteiger partial charge in [-0.05, 0) is 44.2 Å². The van der Waals surface area contributed by atoms with Gasteiger partial charge in [0.05, 0.1) is 6.04 Å². The quantitative estimate of drug-likeness (QED) is 0.847. The number of benzene rings is 1. The average Bonchev–Trinajstić information content (AvgIpc) is 2.46. The van der Waals surface area contributed by atoms with Gasteiger partial charge in [0.15, 0.2) is 0 Å². The number of aryl methyl sites for hydroxylation is 2. The highest BCUT2D eigenvalue weighted by Crippen LogP contribution is 2.22. The van der Waals surface area contributed by atoms with Gasteiger partial charge in [-0.1, -0.05) is 49.9 Å². The lowest BCUT2D eigenvalue weighted by Crippen LogP contribution is -2.44. The fourth-order valence-electron chi connectivity index (χ4n) is 3.25. The van der Waals surface area contributed by atoms with Crippen LogP contribution in [0.5, 0.6) is 0 Å². The molecule has 3 nitrogen and oxygen atoms in total. The molecule has 1 atom stereocenters. The summed E-state index contributed by atoms with van der Waals surface area (Å²) in [6, 6.07) is 6.86. The van der Waals surface area contributed by atoms with Crippen LogP contribution in [0.4, 0.5) is 4.79 Å². The summed E-state index contributed by atoms with van der Waals surface area (Å²) in [7, 11) is 0. The highest BCUT2D eigenvalue weighted by Gasteiger charge is 2.19. The summed E-state index contributed by atoms with van der Waals surface area (Å²) in [5.74, 6) is 0. The highest BCUT2D eigenvalue weighted by atomic mass is 16.2. The second-order valence-electron chi connectivity index (χ2n) is 6.27. The number of urea groups is 1. The smallest absolute Gasteiger partial charge is 0.315 e. The molecule has 21 heavy (non-hydrogen) atoms. The summed E-state index contributed by atoms with van der Waals surface area (Å²) in [4.78, 5) is 12.2. The lowest BCUT2D eigenvalue weighted by atomic mass is 9.95. The van der Waals surface area contributed by atoms with Crippen molar-refractivity contribution in [3.8, 4) is 0 Å². The van der Waals surface area contributed by atoms with E-state index in [1.165, 1.54) is 36.0 Å². The third-order valence-electron chi connectivity index (χ3n) is 4.45. The maximum Gasteiger partial charge on any atom is 0.315 e. The molecule has 1 aromatic carbocycles. The fourth-order valence-corrected chi connectivity index (χ4v) is 3.25. The van der Waals surface area contributed by atoms with E-state index in [4.69, 9.17) is 0 Å². The molecule has 0 radical (unpaired) electrons. The zero-order valence-electron chi connectivity index (χ0n) is 13.5. The van der Waals surface area contributed by atoms with E-state index in [-0.39, 0.29) is 12.1 Å². The summed E-state index contributed by atoms with van der Waals surface area (Å²) in [5.41, 5.74) is 3.74. The third kappa shape index (κ3) is 4.48. The van der Waals surface area contributed by atoms with E-state index in [0.717, 1.165) is 19.3 Å². The Bertz CT molecular complexity index is 478. The van der Waals surface area contributed by atoms with E-state index in [2.05, 4.69) is 49.6 Å². The van der Waals surface area contributed by atoms with Crippen LogP contribution < -0.4 is 10.6 Å². The molecule has 0 aliphatic heterocycles. The first kappa shape index (κ1) is 15.9. The van der Waals surface area contributed by atoms with Crippen molar-refractivity contribution in [3.63, 3.8) is 0 Å². The van der Waals surface area contributed by atoms with Crippen molar-refractivity contribution >= 4 is 6.03 Å². The van der Waals surface area contributed by atoms with Crippen molar-refractivity contribution in [3.05, 3.63) is 34.9 Å². The molecule has 2 rings (SSSR count). The minimum atomic E-state index is -0.0197. The molecule has 0 heterocycles. The summed E-state index contributed by atoms with van der Waals surface area (Å²) in [6.07, 6.45) is 6.92. The van der Waals surface area contributed by atoms with Gasteiger partial charge in [0.25, 0.3) is 0 Å². The predicted octanol–water partition coefficient (Wildman–Crippen LogP) is 4.39. The minimum Gasteiger partial charge on any atom is -0.335 e. The van der Waals surface area contributed by atoms with E-state index < -0.39 is 0 Å². The van der Waals surface area contributed by atoms with E-state index in [9.17, 15) is 4.79 Å². The van der Waals surface area contributed by atoms with E-state index in [1.54, 1.807) is 0 Å². The first-order chi connectivity index (χ1) is 10.1. The lowest BCUT2D eigenvalue weighted by molar-refractivity contribution is 0.228. The van der Waals surface area contributed by atoms with E-state index >= 15 is 0 Å². The summed E-state index contributed by atoms with van der Waals surface area (Å²) < 4.78 is 0. The topological polar surface area (TPSA) is 41.1 Å². The van der Waals surface area contributed by atoms with Gasteiger partial charge >= 0.3 is 6.03 Å². The van der Waals surface area contributed by atoms with Crippen LogP contribution in [-0.4, -0.2) is 12.1 Å². The molecule has 1 aromatic rings. The SMILES string of the molecule is CC[C@H](NC(=O)NC1CCCCC1)c1ccc(C)cc1C. The summed E-state index contributed by atoms with van der Waals surface area (Å²) >= 11 is 0. The molecule has 0 spiro atoms. The van der Waals surface area contributed by atoms with Crippen LogP contribution in [0.25, 0.3) is 0 Å². The van der Waals surface area contributed by atoms with Crippen molar-refractivity contribution in [2.75, 3.05) is 0 Å². The number of hydrogen-bond acceptors (Lipinski definition) is 1. The zero-order valence-corrected chi connectivity index (χ0v) is 13.5. The predicted molar refractivity (Wildman–Crippen MR) is 87.5 cm³/mol. The van der Waals surface area contributed by atoms with Crippen LogP contribution >= 0.6 is 0 Å². The van der Waals surface area contributed by atoms with Gasteiger partial charge in [0, 0.05) is 6.04 Å². The molecule has 0 unspecified atom stereocenters. The lowest BCUT2D eigenvalue weighted by Gasteiger charge is -2.25. The van der Waals surface area contributed by atoms with Crippen molar-refractivity contribution < 1.29 is 4.79 Å². The maximum absolute atomic E-state index is 12.2. The van der Waals surface area contributed by atoms with Crippen molar-refractivity contribution in [1.29, 1.82) is 0 Å².